The molecular weight excluding hydrogens is 270 g/mol. The molecule has 1 aromatic carbocycles. The largest absolute Gasteiger partial charge is 0.492 e. The normalized spacial score (nSPS) is 21.8. The summed E-state index contributed by atoms with van der Waals surface area (Å²) in [5.41, 5.74) is 1.21. The highest BCUT2D eigenvalue weighted by atomic mass is 16.5. The van der Waals surface area contributed by atoms with Crippen LogP contribution >= 0.6 is 0 Å². The molecule has 2 atom stereocenters. The number of aliphatic hydroxyl groups excluding tert-OH is 1. The van der Waals surface area contributed by atoms with E-state index in [9.17, 15) is 9.90 Å². The number of carbonyl (C=O) groups is 1. The summed E-state index contributed by atoms with van der Waals surface area (Å²) in [5, 5.41) is 20.7. The molecule has 0 aliphatic heterocycles. The van der Waals surface area contributed by atoms with Gasteiger partial charge in [-0.3, -0.25) is 0 Å². The van der Waals surface area contributed by atoms with Gasteiger partial charge in [0.1, 0.15) is 12.4 Å². The van der Waals surface area contributed by atoms with Crippen LogP contribution in [-0.2, 0) is 6.42 Å². The SMILES string of the molecule is O=C(O)NCCOc1ccc(C[C@@H]2CCCC[C@H]2O)cc1. The summed E-state index contributed by atoms with van der Waals surface area (Å²) in [6.07, 6.45) is 4.05. The van der Waals surface area contributed by atoms with E-state index in [1.807, 2.05) is 24.3 Å². The van der Waals surface area contributed by atoms with E-state index in [1.54, 1.807) is 0 Å². The molecule has 3 N–H and O–H groups in total. The van der Waals surface area contributed by atoms with Gasteiger partial charge in [0.15, 0.2) is 0 Å². The van der Waals surface area contributed by atoms with Crippen LogP contribution in [-0.4, -0.2) is 35.6 Å². The second-order valence-corrected chi connectivity index (χ2v) is 5.54. The number of nitrogens with one attached hydrogen (secondary N) is 1. The summed E-state index contributed by atoms with van der Waals surface area (Å²) >= 11 is 0. The Morgan fingerprint density at radius 2 is 1.95 bits per heavy atom. The van der Waals surface area contributed by atoms with Crippen LogP contribution in [0.5, 0.6) is 5.75 Å². The molecular formula is C16H23NO4. The van der Waals surface area contributed by atoms with Crippen LogP contribution in [0.1, 0.15) is 31.2 Å². The fourth-order valence-corrected chi connectivity index (χ4v) is 2.78. The summed E-state index contributed by atoms with van der Waals surface area (Å²) in [6, 6.07) is 7.82. The fourth-order valence-electron chi connectivity index (χ4n) is 2.78. The van der Waals surface area contributed by atoms with Crippen molar-refractivity contribution in [2.75, 3.05) is 13.2 Å². The van der Waals surface area contributed by atoms with Crippen LogP contribution in [0.25, 0.3) is 0 Å². The molecule has 0 heterocycles. The van der Waals surface area contributed by atoms with E-state index in [4.69, 9.17) is 9.84 Å². The quantitative estimate of drug-likeness (QED) is 0.704. The second-order valence-electron chi connectivity index (χ2n) is 5.54. The number of hydrogen-bond acceptors (Lipinski definition) is 3. The molecule has 116 valence electrons. The third-order valence-electron chi connectivity index (χ3n) is 3.94. The molecule has 0 unspecified atom stereocenters. The topological polar surface area (TPSA) is 78.8 Å². The molecule has 0 saturated heterocycles. The van der Waals surface area contributed by atoms with Crippen LogP contribution in [0.15, 0.2) is 24.3 Å². The molecule has 2 rings (SSSR count). The van der Waals surface area contributed by atoms with Crippen LogP contribution in [0.4, 0.5) is 4.79 Å². The number of aliphatic hydroxyl groups is 1. The average molecular weight is 293 g/mol. The zero-order valence-electron chi connectivity index (χ0n) is 12.1. The van der Waals surface area contributed by atoms with Gasteiger partial charge in [-0.25, -0.2) is 4.79 Å². The first-order chi connectivity index (χ1) is 10.1. The number of ether oxygens (including phenoxy) is 1. The first-order valence-electron chi connectivity index (χ1n) is 7.52. The minimum atomic E-state index is -1.04. The lowest BCUT2D eigenvalue weighted by Gasteiger charge is -2.27. The first-order valence-corrected chi connectivity index (χ1v) is 7.52. The van der Waals surface area contributed by atoms with Crippen molar-refractivity contribution >= 4 is 6.09 Å². The Labute approximate surface area is 124 Å². The Hall–Kier alpha value is -1.75. The standard InChI is InChI=1S/C16H23NO4/c18-15-4-2-1-3-13(15)11-12-5-7-14(8-6-12)21-10-9-17-16(19)20/h5-8,13,15,17-18H,1-4,9-11H2,(H,19,20)/t13-,15+/m0/s1. The molecule has 5 heteroatoms. The van der Waals surface area contributed by atoms with Crippen LogP contribution in [0, 0.1) is 5.92 Å². The van der Waals surface area contributed by atoms with E-state index in [2.05, 4.69) is 5.32 Å². The molecule has 1 aliphatic carbocycles. The van der Waals surface area contributed by atoms with Crippen molar-refractivity contribution in [2.24, 2.45) is 5.92 Å². The third kappa shape index (κ3) is 5.27. The van der Waals surface area contributed by atoms with E-state index in [-0.39, 0.29) is 12.6 Å². The highest BCUT2D eigenvalue weighted by Crippen LogP contribution is 2.27. The number of rotatable bonds is 6. The maximum atomic E-state index is 10.3. The first kappa shape index (κ1) is 15.6. The van der Waals surface area contributed by atoms with E-state index >= 15 is 0 Å². The zero-order chi connectivity index (χ0) is 15.1. The van der Waals surface area contributed by atoms with Gasteiger partial charge in [0.05, 0.1) is 12.6 Å². The predicted octanol–water partition coefficient (Wildman–Crippen LogP) is 2.43. The fraction of sp³-hybridized carbons (Fsp3) is 0.562. The van der Waals surface area contributed by atoms with E-state index in [0.29, 0.717) is 12.5 Å². The number of hydrogen-bond donors (Lipinski definition) is 3. The van der Waals surface area contributed by atoms with Gasteiger partial charge in [0.25, 0.3) is 0 Å². The maximum Gasteiger partial charge on any atom is 0.404 e. The van der Waals surface area contributed by atoms with Crippen molar-refractivity contribution in [1.29, 1.82) is 0 Å². The summed E-state index contributed by atoms with van der Waals surface area (Å²) < 4.78 is 5.45. The minimum Gasteiger partial charge on any atom is -0.492 e. The summed E-state index contributed by atoms with van der Waals surface area (Å²) in [6.45, 7) is 0.582. The van der Waals surface area contributed by atoms with Gasteiger partial charge in [0, 0.05) is 0 Å². The van der Waals surface area contributed by atoms with Crippen molar-refractivity contribution < 1.29 is 19.7 Å². The molecule has 0 aromatic heterocycles. The summed E-state index contributed by atoms with van der Waals surface area (Å²) in [7, 11) is 0. The van der Waals surface area contributed by atoms with Gasteiger partial charge in [-0.1, -0.05) is 25.0 Å². The Morgan fingerprint density at radius 3 is 2.62 bits per heavy atom. The highest BCUT2D eigenvalue weighted by molar-refractivity contribution is 5.64. The average Bonchev–Trinajstić information content (AvgIpc) is 2.47. The maximum absolute atomic E-state index is 10.3. The molecule has 1 aromatic rings. The van der Waals surface area contributed by atoms with E-state index < -0.39 is 6.09 Å². The molecule has 0 radical (unpaired) electrons. The monoisotopic (exact) mass is 293 g/mol. The zero-order valence-corrected chi connectivity index (χ0v) is 12.1. The highest BCUT2D eigenvalue weighted by Gasteiger charge is 2.22. The van der Waals surface area contributed by atoms with Crippen LogP contribution in [0.3, 0.4) is 0 Å². The molecule has 0 bridgehead atoms. The molecule has 1 aliphatic rings. The van der Waals surface area contributed by atoms with Crippen molar-refractivity contribution in [3.63, 3.8) is 0 Å². The van der Waals surface area contributed by atoms with Crippen LogP contribution in [0.2, 0.25) is 0 Å². The molecule has 1 saturated carbocycles. The molecule has 21 heavy (non-hydrogen) atoms. The smallest absolute Gasteiger partial charge is 0.404 e. The molecule has 1 fully saturated rings. The number of carboxylic acid groups (broad SMARTS) is 1. The van der Waals surface area contributed by atoms with E-state index in [1.165, 1.54) is 12.0 Å². The lowest BCUT2D eigenvalue weighted by molar-refractivity contribution is 0.0700. The van der Waals surface area contributed by atoms with Gasteiger partial charge in [0.2, 0.25) is 0 Å². The summed E-state index contributed by atoms with van der Waals surface area (Å²) in [4.78, 5) is 10.3. The summed E-state index contributed by atoms with van der Waals surface area (Å²) in [5.74, 6) is 1.10. The molecule has 0 spiro atoms. The predicted molar refractivity (Wildman–Crippen MR) is 79.6 cm³/mol. The Kier molecular flexibility index (Phi) is 5.87. The second kappa shape index (κ2) is 7.88. The Morgan fingerprint density at radius 1 is 1.24 bits per heavy atom. The van der Waals surface area contributed by atoms with Crippen molar-refractivity contribution in [3.8, 4) is 5.75 Å². The van der Waals surface area contributed by atoms with Crippen LogP contribution < -0.4 is 10.1 Å². The lowest BCUT2D eigenvalue weighted by Crippen LogP contribution is -2.26. The van der Waals surface area contributed by atoms with Gasteiger partial charge >= 0.3 is 6.09 Å². The van der Waals surface area contributed by atoms with Crippen molar-refractivity contribution in [2.45, 2.75) is 38.2 Å². The molecule has 5 nitrogen and oxygen atoms in total. The number of amides is 1. The third-order valence-corrected chi connectivity index (χ3v) is 3.94. The van der Waals surface area contributed by atoms with Gasteiger partial charge in [-0.15, -0.1) is 0 Å². The van der Waals surface area contributed by atoms with Gasteiger partial charge in [-0.2, -0.15) is 0 Å². The Bertz CT molecular complexity index is 446. The van der Waals surface area contributed by atoms with Crippen molar-refractivity contribution in [1.82, 2.24) is 5.32 Å². The minimum absolute atomic E-state index is 0.170. The van der Waals surface area contributed by atoms with Crippen molar-refractivity contribution in [3.05, 3.63) is 29.8 Å². The lowest BCUT2D eigenvalue weighted by atomic mass is 9.82. The Balaban J connectivity index is 1.77. The van der Waals surface area contributed by atoms with Gasteiger partial charge < -0.3 is 20.3 Å². The van der Waals surface area contributed by atoms with Gasteiger partial charge in [-0.05, 0) is 42.9 Å². The molecule has 1 amide bonds. The van der Waals surface area contributed by atoms with E-state index in [0.717, 1.165) is 31.4 Å². The number of benzene rings is 1.